The maximum absolute atomic E-state index is 12.5. The van der Waals surface area contributed by atoms with Gasteiger partial charge in [-0.3, -0.25) is 9.59 Å². The van der Waals surface area contributed by atoms with E-state index in [9.17, 15) is 27.6 Å². The molecular formula is C14H17F3N4O3. The molecule has 7 nitrogen and oxygen atoms in total. The molecule has 24 heavy (non-hydrogen) atoms. The number of urea groups is 1. The van der Waals surface area contributed by atoms with E-state index in [1.807, 2.05) is 5.32 Å². The number of nitrogens with one attached hydrogen (secondary N) is 2. The highest BCUT2D eigenvalue weighted by molar-refractivity contribution is 6.05. The maximum Gasteiger partial charge on any atom is 0.416 e. The summed E-state index contributed by atoms with van der Waals surface area (Å²) in [6.45, 7) is 1.60. The first-order valence-electron chi connectivity index (χ1n) is 6.82. The standard InChI is InChI=1S/C14H17F3N4O3/c1-7(20-13(24)21-10(11(18)22)12(19)23)6-8-2-4-9(5-3-8)14(15,16)17/h2-5,7,10H,6H2,1H3,(H2,18,22)(H2,19,23)(H2,20,21,24)/t7-/m1/s1. The van der Waals surface area contributed by atoms with Crippen molar-refractivity contribution in [2.75, 3.05) is 0 Å². The summed E-state index contributed by atoms with van der Waals surface area (Å²) in [7, 11) is 0. The number of hydrogen-bond acceptors (Lipinski definition) is 3. The van der Waals surface area contributed by atoms with Crippen LogP contribution in [-0.2, 0) is 22.2 Å². The predicted molar refractivity (Wildman–Crippen MR) is 78.5 cm³/mol. The van der Waals surface area contributed by atoms with E-state index >= 15 is 0 Å². The minimum atomic E-state index is -4.42. The summed E-state index contributed by atoms with van der Waals surface area (Å²) < 4.78 is 37.4. The zero-order chi connectivity index (χ0) is 18.5. The Morgan fingerprint density at radius 3 is 1.96 bits per heavy atom. The highest BCUT2D eigenvalue weighted by Crippen LogP contribution is 2.29. The normalized spacial score (nSPS) is 12.5. The highest BCUT2D eigenvalue weighted by atomic mass is 19.4. The molecule has 0 saturated heterocycles. The highest BCUT2D eigenvalue weighted by Gasteiger charge is 2.30. The average Bonchev–Trinajstić information content (AvgIpc) is 2.43. The van der Waals surface area contributed by atoms with E-state index < -0.39 is 41.7 Å². The number of benzene rings is 1. The lowest BCUT2D eigenvalue weighted by Crippen LogP contribution is -2.56. The number of nitrogens with two attached hydrogens (primary N) is 2. The molecule has 4 amide bonds. The van der Waals surface area contributed by atoms with Crippen molar-refractivity contribution in [2.24, 2.45) is 11.5 Å². The largest absolute Gasteiger partial charge is 0.416 e. The van der Waals surface area contributed by atoms with E-state index in [-0.39, 0.29) is 6.42 Å². The van der Waals surface area contributed by atoms with Gasteiger partial charge in [-0.25, -0.2) is 4.79 Å². The van der Waals surface area contributed by atoms with Crippen molar-refractivity contribution in [2.45, 2.75) is 31.6 Å². The number of rotatable bonds is 6. The van der Waals surface area contributed by atoms with Gasteiger partial charge in [-0.2, -0.15) is 13.2 Å². The van der Waals surface area contributed by atoms with Gasteiger partial charge in [-0.1, -0.05) is 12.1 Å². The lowest BCUT2D eigenvalue weighted by molar-refractivity contribution is -0.137. The van der Waals surface area contributed by atoms with E-state index in [1.165, 1.54) is 12.1 Å². The summed E-state index contributed by atoms with van der Waals surface area (Å²) in [6.07, 6.45) is -4.18. The van der Waals surface area contributed by atoms with Crippen LogP contribution in [-0.4, -0.2) is 29.9 Å². The number of carbonyl (C=O) groups is 3. The molecule has 0 aliphatic heterocycles. The van der Waals surface area contributed by atoms with E-state index in [0.29, 0.717) is 5.56 Å². The second kappa shape index (κ2) is 7.66. The Labute approximate surface area is 135 Å². The topological polar surface area (TPSA) is 127 Å². The van der Waals surface area contributed by atoms with Crippen molar-refractivity contribution < 1.29 is 27.6 Å². The fraction of sp³-hybridized carbons (Fsp3) is 0.357. The smallest absolute Gasteiger partial charge is 0.367 e. The van der Waals surface area contributed by atoms with Gasteiger partial charge >= 0.3 is 12.2 Å². The van der Waals surface area contributed by atoms with Crippen LogP contribution < -0.4 is 22.1 Å². The van der Waals surface area contributed by atoms with Crippen molar-refractivity contribution in [1.29, 1.82) is 0 Å². The van der Waals surface area contributed by atoms with Crippen molar-refractivity contribution in [3.05, 3.63) is 35.4 Å². The molecule has 132 valence electrons. The van der Waals surface area contributed by atoms with E-state index in [2.05, 4.69) is 5.32 Å². The summed E-state index contributed by atoms with van der Waals surface area (Å²) in [4.78, 5) is 33.6. The number of hydrogen-bond donors (Lipinski definition) is 4. The van der Waals surface area contributed by atoms with Crippen LogP contribution in [0, 0.1) is 0 Å². The summed E-state index contributed by atoms with van der Waals surface area (Å²) in [5, 5.41) is 4.44. The molecule has 0 saturated carbocycles. The molecule has 0 aliphatic carbocycles. The number of alkyl halides is 3. The summed E-state index contributed by atoms with van der Waals surface area (Å²) in [6, 6.07) is 1.50. The Balaban J connectivity index is 2.59. The number of carbonyl (C=O) groups excluding carboxylic acids is 3. The quantitative estimate of drug-likeness (QED) is 0.552. The zero-order valence-electron chi connectivity index (χ0n) is 12.7. The minimum Gasteiger partial charge on any atom is -0.367 e. The summed E-state index contributed by atoms with van der Waals surface area (Å²) in [5.74, 6) is -2.21. The molecule has 0 bridgehead atoms. The van der Waals surface area contributed by atoms with Gasteiger partial charge in [0.2, 0.25) is 11.8 Å². The zero-order valence-corrected chi connectivity index (χ0v) is 12.7. The Hall–Kier alpha value is -2.78. The molecule has 1 aromatic rings. The van der Waals surface area contributed by atoms with Crippen LogP contribution in [0.4, 0.5) is 18.0 Å². The van der Waals surface area contributed by atoms with Crippen LogP contribution in [0.5, 0.6) is 0 Å². The molecular weight excluding hydrogens is 329 g/mol. The monoisotopic (exact) mass is 346 g/mol. The van der Waals surface area contributed by atoms with Crippen molar-refractivity contribution in [3.63, 3.8) is 0 Å². The molecule has 0 aliphatic rings. The SMILES string of the molecule is C[C@H](Cc1ccc(C(F)(F)F)cc1)NC(=O)NC(C(N)=O)C(N)=O. The number of halogens is 3. The van der Waals surface area contributed by atoms with Gasteiger partial charge in [0.1, 0.15) is 0 Å². The summed E-state index contributed by atoms with van der Waals surface area (Å²) in [5.41, 5.74) is 9.63. The molecule has 0 radical (unpaired) electrons. The summed E-state index contributed by atoms with van der Waals surface area (Å²) >= 11 is 0. The van der Waals surface area contributed by atoms with Crippen LogP contribution in [0.25, 0.3) is 0 Å². The second-order valence-corrected chi connectivity index (χ2v) is 5.16. The average molecular weight is 346 g/mol. The third-order valence-electron chi connectivity index (χ3n) is 3.05. The Kier molecular flexibility index (Phi) is 6.15. The predicted octanol–water partition coefficient (Wildman–Crippen LogP) is 0.275. The fourth-order valence-corrected chi connectivity index (χ4v) is 1.91. The molecule has 0 unspecified atom stereocenters. The molecule has 1 rings (SSSR count). The van der Waals surface area contributed by atoms with E-state index in [0.717, 1.165) is 12.1 Å². The van der Waals surface area contributed by atoms with Crippen molar-refractivity contribution in [1.82, 2.24) is 10.6 Å². The van der Waals surface area contributed by atoms with Gasteiger partial charge < -0.3 is 22.1 Å². The van der Waals surface area contributed by atoms with Crippen LogP contribution in [0.3, 0.4) is 0 Å². The molecule has 0 heterocycles. The molecule has 0 fully saturated rings. The molecule has 0 aromatic heterocycles. The van der Waals surface area contributed by atoms with E-state index in [1.54, 1.807) is 6.92 Å². The first-order chi connectivity index (χ1) is 11.0. The molecule has 10 heteroatoms. The lowest BCUT2D eigenvalue weighted by Gasteiger charge is -2.17. The Bertz CT molecular complexity index is 603. The van der Waals surface area contributed by atoms with Crippen LogP contribution >= 0.6 is 0 Å². The Morgan fingerprint density at radius 2 is 1.54 bits per heavy atom. The molecule has 0 spiro atoms. The minimum absolute atomic E-state index is 0.239. The second-order valence-electron chi connectivity index (χ2n) is 5.16. The first kappa shape index (κ1) is 19.3. The fourth-order valence-electron chi connectivity index (χ4n) is 1.91. The van der Waals surface area contributed by atoms with Crippen molar-refractivity contribution in [3.8, 4) is 0 Å². The molecule has 6 N–H and O–H groups in total. The van der Waals surface area contributed by atoms with E-state index in [4.69, 9.17) is 11.5 Å². The first-order valence-corrected chi connectivity index (χ1v) is 6.82. The van der Waals surface area contributed by atoms with Crippen LogP contribution in [0.15, 0.2) is 24.3 Å². The van der Waals surface area contributed by atoms with Gasteiger partial charge in [0.05, 0.1) is 5.56 Å². The Morgan fingerprint density at radius 1 is 1.04 bits per heavy atom. The van der Waals surface area contributed by atoms with Gasteiger partial charge in [0.15, 0.2) is 6.04 Å². The van der Waals surface area contributed by atoms with Crippen LogP contribution in [0.2, 0.25) is 0 Å². The van der Waals surface area contributed by atoms with Gasteiger partial charge in [0.25, 0.3) is 0 Å². The maximum atomic E-state index is 12.5. The number of amides is 4. The van der Waals surface area contributed by atoms with Gasteiger partial charge in [0, 0.05) is 6.04 Å². The molecule has 1 aromatic carbocycles. The molecule has 1 atom stereocenters. The lowest BCUT2D eigenvalue weighted by atomic mass is 10.1. The third kappa shape index (κ3) is 5.78. The third-order valence-corrected chi connectivity index (χ3v) is 3.05. The van der Waals surface area contributed by atoms with Crippen molar-refractivity contribution >= 4 is 17.8 Å². The number of primary amides is 2. The van der Waals surface area contributed by atoms with Gasteiger partial charge in [-0.15, -0.1) is 0 Å². The van der Waals surface area contributed by atoms with Gasteiger partial charge in [-0.05, 0) is 31.0 Å². The van der Waals surface area contributed by atoms with Crippen LogP contribution in [0.1, 0.15) is 18.1 Å².